The summed E-state index contributed by atoms with van der Waals surface area (Å²) in [6.07, 6.45) is 2.76. The van der Waals surface area contributed by atoms with E-state index in [0.717, 1.165) is 61.9 Å². The minimum absolute atomic E-state index is 0.00539. The Morgan fingerprint density at radius 1 is 1.10 bits per heavy atom. The molecule has 1 atom stereocenters. The molecule has 0 aliphatic carbocycles. The lowest BCUT2D eigenvalue weighted by molar-refractivity contribution is -0.0591. The molecule has 0 saturated carbocycles. The van der Waals surface area contributed by atoms with Gasteiger partial charge in [-0.2, -0.15) is 4.98 Å². The Labute approximate surface area is 246 Å². The fourth-order valence-electron chi connectivity index (χ4n) is 5.75. The second kappa shape index (κ2) is 11.0. The average molecular weight is 591 g/mol. The third-order valence-electron chi connectivity index (χ3n) is 8.03. The number of ether oxygens (including phenoxy) is 2. The first-order valence-corrected chi connectivity index (χ1v) is 14.2. The molecule has 0 unspecified atom stereocenters. The molecule has 0 amide bonds. The van der Waals surface area contributed by atoms with Crippen LogP contribution in [0.4, 0.5) is 10.2 Å². The highest BCUT2D eigenvalue weighted by Gasteiger charge is 2.32. The molecule has 2 aromatic heterocycles. The largest absolute Gasteiger partial charge is 0.478 e. The standard InChI is InChI=1S/C30H28ClFN6O4/c31-22-3-1-19(24(32)10-22)17-42-30-33-7-5-27(35-30)37-13-20-11-36(12-21(20)14-37)16-28-34-25-4-2-18(29(39)40)9-26(25)38(28)15-23-6-8-41-23/h1-5,7,9-10,23H,6,8,11-17H2,(H,39,40)/t23-/m0/s1. The lowest BCUT2D eigenvalue weighted by atomic mass is 10.1. The molecule has 10 nitrogen and oxygen atoms in total. The van der Waals surface area contributed by atoms with Crippen LogP contribution in [-0.4, -0.2) is 74.4 Å². The Kier molecular flexibility index (Phi) is 7.01. The minimum atomic E-state index is -0.950. The molecule has 0 radical (unpaired) electrons. The molecule has 7 rings (SSSR count). The predicted octanol–water partition coefficient (Wildman–Crippen LogP) is 4.32. The number of aromatic carboxylic acids is 1. The molecule has 3 aliphatic rings. The highest BCUT2D eigenvalue weighted by molar-refractivity contribution is 6.30. The molecule has 5 heterocycles. The predicted molar refractivity (Wildman–Crippen MR) is 153 cm³/mol. The lowest BCUT2D eigenvalue weighted by Gasteiger charge is -2.28. The Hall–Kier alpha value is -4.06. The summed E-state index contributed by atoms with van der Waals surface area (Å²) in [4.78, 5) is 29.8. The van der Waals surface area contributed by atoms with Crippen molar-refractivity contribution in [3.05, 3.63) is 87.6 Å². The van der Waals surface area contributed by atoms with Crippen molar-refractivity contribution in [1.29, 1.82) is 0 Å². The number of anilines is 1. The molecule has 3 aliphatic heterocycles. The molecule has 2 aromatic carbocycles. The van der Waals surface area contributed by atoms with Gasteiger partial charge in [0.05, 0.1) is 35.8 Å². The van der Waals surface area contributed by atoms with E-state index in [-0.39, 0.29) is 24.3 Å². The van der Waals surface area contributed by atoms with Crippen LogP contribution in [0, 0.1) is 5.82 Å². The summed E-state index contributed by atoms with van der Waals surface area (Å²) in [7, 11) is 0. The number of hydrogen-bond acceptors (Lipinski definition) is 8. The van der Waals surface area contributed by atoms with E-state index in [1.807, 2.05) is 6.07 Å². The topological polar surface area (TPSA) is 106 Å². The molecule has 1 saturated heterocycles. The Balaban J connectivity index is 1.01. The van der Waals surface area contributed by atoms with Crippen molar-refractivity contribution in [2.24, 2.45) is 0 Å². The smallest absolute Gasteiger partial charge is 0.335 e. The number of halogens is 2. The molecule has 42 heavy (non-hydrogen) atoms. The van der Waals surface area contributed by atoms with Gasteiger partial charge in [-0.1, -0.05) is 17.7 Å². The van der Waals surface area contributed by atoms with Crippen LogP contribution in [0.15, 0.2) is 59.8 Å². The summed E-state index contributed by atoms with van der Waals surface area (Å²) in [6, 6.07) is 11.6. The molecule has 0 bridgehead atoms. The molecule has 4 aromatic rings. The van der Waals surface area contributed by atoms with Crippen LogP contribution >= 0.6 is 11.6 Å². The summed E-state index contributed by atoms with van der Waals surface area (Å²) in [5, 5.41) is 9.84. The van der Waals surface area contributed by atoms with Crippen LogP contribution in [0.2, 0.25) is 5.02 Å². The van der Waals surface area contributed by atoms with Gasteiger partial charge in [-0.25, -0.2) is 19.2 Å². The van der Waals surface area contributed by atoms with Crippen molar-refractivity contribution in [3.63, 3.8) is 0 Å². The van der Waals surface area contributed by atoms with Crippen molar-refractivity contribution in [3.8, 4) is 6.01 Å². The molecule has 0 spiro atoms. The second-order valence-corrected chi connectivity index (χ2v) is 11.3. The van der Waals surface area contributed by atoms with E-state index in [0.29, 0.717) is 23.7 Å². The lowest BCUT2D eigenvalue weighted by Crippen LogP contribution is -2.33. The van der Waals surface area contributed by atoms with Gasteiger partial charge in [0.15, 0.2) is 0 Å². The molecule has 216 valence electrons. The van der Waals surface area contributed by atoms with Crippen LogP contribution in [0.5, 0.6) is 6.01 Å². The van der Waals surface area contributed by atoms with Gasteiger partial charge in [0.2, 0.25) is 0 Å². The van der Waals surface area contributed by atoms with Crippen molar-refractivity contribution < 1.29 is 23.8 Å². The fraction of sp³-hybridized carbons (Fsp3) is 0.333. The van der Waals surface area contributed by atoms with E-state index >= 15 is 0 Å². The summed E-state index contributed by atoms with van der Waals surface area (Å²) < 4.78 is 27.6. The van der Waals surface area contributed by atoms with Crippen molar-refractivity contribution in [1.82, 2.24) is 24.4 Å². The van der Waals surface area contributed by atoms with Gasteiger partial charge in [-0.15, -0.1) is 0 Å². The first-order valence-electron chi connectivity index (χ1n) is 13.8. The minimum Gasteiger partial charge on any atom is -0.478 e. The number of carboxylic acid groups (broad SMARTS) is 1. The third kappa shape index (κ3) is 5.31. The monoisotopic (exact) mass is 590 g/mol. The number of carboxylic acids is 1. The summed E-state index contributed by atoms with van der Waals surface area (Å²) >= 11 is 5.84. The maximum Gasteiger partial charge on any atom is 0.335 e. The van der Waals surface area contributed by atoms with E-state index in [4.69, 9.17) is 26.1 Å². The zero-order valence-corrected chi connectivity index (χ0v) is 23.4. The van der Waals surface area contributed by atoms with E-state index in [1.54, 1.807) is 36.5 Å². The molecule has 1 fully saturated rings. The van der Waals surface area contributed by atoms with E-state index < -0.39 is 11.8 Å². The summed E-state index contributed by atoms with van der Waals surface area (Å²) in [6.45, 7) is 5.22. The van der Waals surface area contributed by atoms with Crippen LogP contribution in [-0.2, 0) is 24.4 Å². The van der Waals surface area contributed by atoms with E-state index in [1.165, 1.54) is 17.2 Å². The van der Waals surface area contributed by atoms with Crippen molar-refractivity contribution in [2.45, 2.75) is 32.2 Å². The summed E-state index contributed by atoms with van der Waals surface area (Å²) in [5.74, 6) is 0.291. The molecular formula is C30H28ClFN6O4. The van der Waals surface area contributed by atoms with Crippen LogP contribution in [0.3, 0.4) is 0 Å². The normalized spacial score (nSPS) is 18.5. The maximum atomic E-state index is 14.1. The molecule has 1 N–H and O–H groups in total. The zero-order chi connectivity index (χ0) is 28.8. The average Bonchev–Trinajstić information content (AvgIpc) is 3.61. The van der Waals surface area contributed by atoms with Crippen LogP contribution in [0.1, 0.15) is 28.2 Å². The van der Waals surface area contributed by atoms with Gasteiger partial charge in [-0.05, 0) is 54.0 Å². The van der Waals surface area contributed by atoms with Crippen molar-refractivity contribution >= 4 is 34.4 Å². The summed E-state index contributed by atoms with van der Waals surface area (Å²) in [5.41, 5.74) is 4.97. The number of hydrogen-bond donors (Lipinski definition) is 1. The zero-order valence-electron chi connectivity index (χ0n) is 22.7. The van der Waals surface area contributed by atoms with Gasteiger partial charge in [-0.3, -0.25) is 4.90 Å². The second-order valence-electron chi connectivity index (χ2n) is 10.9. The number of aromatic nitrogens is 4. The highest BCUT2D eigenvalue weighted by Crippen LogP contribution is 2.31. The van der Waals surface area contributed by atoms with Crippen LogP contribution < -0.4 is 9.64 Å². The number of imidazole rings is 1. The molecule has 12 heteroatoms. The number of nitrogens with zero attached hydrogens (tertiary/aromatic N) is 6. The SMILES string of the molecule is O=C(O)c1ccc2nc(CN3CC4=C(C3)CN(c3ccnc(OCc5ccc(Cl)cc5F)n3)C4)n(C[C@@H]3CCO3)c2c1. The third-order valence-corrected chi connectivity index (χ3v) is 8.26. The van der Waals surface area contributed by atoms with E-state index in [2.05, 4.69) is 24.3 Å². The van der Waals surface area contributed by atoms with Gasteiger partial charge in [0.1, 0.15) is 24.1 Å². The van der Waals surface area contributed by atoms with Crippen LogP contribution in [0.25, 0.3) is 11.0 Å². The number of benzene rings is 2. The number of carbonyl (C=O) groups is 1. The maximum absolute atomic E-state index is 14.1. The van der Waals surface area contributed by atoms with Gasteiger partial charge < -0.3 is 24.0 Å². The first-order chi connectivity index (χ1) is 20.4. The first kappa shape index (κ1) is 26.8. The van der Waals surface area contributed by atoms with Gasteiger partial charge in [0, 0.05) is 49.6 Å². The quantitative estimate of drug-likeness (QED) is 0.285. The van der Waals surface area contributed by atoms with Gasteiger partial charge >= 0.3 is 12.0 Å². The Morgan fingerprint density at radius 2 is 1.90 bits per heavy atom. The van der Waals surface area contributed by atoms with Crippen molar-refractivity contribution in [2.75, 3.05) is 37.7 Å². The Bertz CT molecular complexity index is 1700. The van der Waals surface area contributed by atoms with Gasteiger partial charge in [0.25, 0.3) is 0 Å². The Morgan fingerprint density at radius 3 is 2.62 bits per heavy atom. The molecular weight excluding hydrogens is 563 g/mol. The fourth-order valence-corrected chi connectivity index (χ4v) is 5.91. The number of rotatable bonds is 9. The number of fused-ring (bicyclic) bond motifs is 1. The highest BCUT2D eigenvalue weighted by atomic mass is 35.5. The van der Waals surface area contributed by atoms with E-state index in [9.17, 15) is 14.3 Å².